The van der Waals surface area contributed by atoms with Crippen molar-refractivity contribution < 1.29 is 38.9 Å². The van der Waals surface area contributed by atoms with E-state index in [0.29, 0.717) is 19.3 Å². The number of hydrogen-bond donors (Lipinski definition) is 2. The quantitative estimate of drug-likeness (QED) is 0.363. The van der Waals surface area contributed by atoms with E-state index in [9.17, 15) is 29.4 Å². The van der Waals surface area contributed by atoms with Crippen LogP contribution in [0.25, 0.3) is 0 Å². The van der Waals surface area contributed by atoms with Crippen molar-refractivity contribution in [2.75, 3.05) is 0 Å². The summed E-state index contributed by atoms with van der Waals surface area (Å²) in [5.74, 6) is -4.90. The maximum Gasteiger partial charge on any atom is 0.345 e. The first-order valence-corrected chi connectivity index (χ1v) is 10.7. The highest BCUT2D eigenvalue weighted by Gasteiger charge is 2.49. The minimum absolute atomic E-state index is 0.0326. The van der Waals surface area contributed by atoms with Crippen molar-refractivity contribution in [2.24, 2.45) is 11.8 Å². The van der Waals surface area contributed by atoms with Crippen molar-refractivity contribution >= 4 is 23.9 Å². The summed E-state index contributed by atoms with van der Waals surface area (Å²) in [6.07, 6.45) is 1.50. The second-order valence-electron chi connectivity index (χ2n) is 8.15. The Hall–Kier alpha value is -2.32. The smallest absolute Gasteiger partial charge is 0.345 e. The lowest BCUT2D eigenvalue weighted by Crippen LogP contribution is -2.38. The van der Waals surface area contributed by atoms with Crippen LogP contribution in [-0.4, -0.2) is 46.3 Å². The summed E-state index contributed by atoms with van der Waals surface area (Å²) in [6.45, 7) is 3.97. The number of cyclic esters (lactones) is 4. The maximum absolute atomic E-state index is 12.6. The number of unbranched alkanes of at least 4 members (excludes halogenated alkanes) is 3. The molecule has 8 heteroatoms. The molecule has 0 amide bonds. The molecule has 0 spiro atoms. The summed E-state index contributed by atoms with van der Waals surface area (Å²) in [7, 11) is 0. The lowest BCUT2D eigenvalue weighted by Gasteiger charge is -2.27. The molecule has 2 aliphatic heterocycles. The number of hydrogen-bond acceptors (Lipinski definition) is 8. The number of aliphatic hydroxyl groups excluding tert-OH is 2. The number of carbonyl (C=O) groups is 4. The molecule has 0 saturated carbocycles. The third-order valence-electron chi connectivity index (χ3n) is 6.18. The molecule has 1 aliphatic carbocycles. The Labute approximate surface area is 174 Å². The molecule has 0 aromatic carbocycles. The molecule has 3 rings (SSSR count). The Kier molecular flexibility index (Phi) is 6.88. The molecule has 4 atom stereocenters. The molecule has 0 radical (unpaired) electrons. The monoisotopic (exact) mass is 420 g/mol. The average molecular weight is 420 g/mol. The normalized spacial score (nSPS) is 29.3. The molecule has 2 heterocycles. The Bertz CT molecular complexity index is 821. The molecule has 0 aromatic heterocycles. The van der Waals surface area contributed by atoms with Crippen LogP contribution in [0.15, 0.2) is 22.3 Å². The fourth-order valence-corrected chi connectivity index (χ4v) is 4.61. The van der Waals surface area contributed by atoms with Gasteiger partial charge in [0.1, 0.15) is 6.10 Å². The summed E-state index contributed by atoms with van der Waals surface area (Å²) in [5.41, 5.74) is -0.0764. The highest BCUT2D eigenvalue weighted by Crippen LogP contribution is 2.43. The highest BCUT2D eigenvalue weighted by molar-refractivity contribution is 6.15. The van der Waals surface area contributed by atoms with E-state index in [1.54, 1.807) is 0 Å². The molecule has 0 bridgehead atoms. The van der Waals surface area contributed by atoms with Crippen molar-refractivity contribution in [1.82, 2.24) is 0 Å². The zero-order chi connectivity index (χ0) is 22.0. The standard InChI is InChI=1S/C22H28O8/c1-3-5-7-8-11-10-13-16(22(28)29-19(13)25)18(24)17(23)12(9-6-4-2)15-14(11)20(26)30-21(15)27/h11-12,17-18,23-24H,3-10H2,1-2H3/t11-,12-,17?,18?/m1/s1. The van der Waals surface area contributed by atoms with Gasteiger partial charge in [-0.15, -0.1) is 0 Å². The van der Waals surface area contributed by atoms with Crippen LogP contribution in [-0.2, 0) is 28.7 Å². The van der Waals surface area contributed by atoms with Gasteiger partial charge in [0.25, 0.3) is 0 Å². The van der Waals surface area contributed by atoms with Crippen molar-refractivity contribution in [2.45, 2.75) is 77.4 Å². The summed E-state index contributed by atoms with van der Waals surface area (Å²) < 4.78 is 9.61. The number of aliphatic hydroxyl groups is 2. The van der Waals surface area contributed by atoms with E-state index in [-0.39, 0.29) is 28.7 Å². The number of carbonyl (C=O) groups excluding carboxylic acids is 4. The van der Waals surface area contributed by atoms with Crippen LogP contribution >= 0.6 is 0 Å². The van der Waals surface area contributed by atoms with Crippen molar-refractivity contribution in [3.63, 3.8) is 0 Å². The van der Waals surface area contributed by atoms with Crippen molar-refractivity contribution in [3.8, 4) is 0 Å². The molecule has 3 aliphatic rings. The molecule has 0 saturated heterocycles. The topological polar surface area (TPSA) is 127 Å². The van der Waals surface area contributed by atoms with E-state index in [1.807, 2.05) is 13.8 Å². The van der Waals surface area contributed by atoms with Gasteiger partial charge in [0, 0.05) is 5.92 Å². The summed E-state index contributed by atoms with van der Waals surface area (Å²) in [5, 5.41) is 21.7. The zero-order valence-electron chi connectivity index (χ0n) is 17.3. The predicted molar refractivity (Wildman–Crippen MR) is 104 cm³/mol. The lowest BCUT2D eigenvalue weighted by atomic mass is 9.80. The molecule has 164 valence electrons. The van der Waals surface area contributed by atoms with E-state index >= 15 is 0 Å². The van der Waals surface area contributed by atoms with Gasteiger partial charge in [0.05, 0.1) is 28.4 Å². The van der Waals surface area contributed by atoms with Crippen LogP contribution in [0.4, 0.5) is 0 Å². The lowest BCUT2D eigenvalue weighted by molar-refractivity contribution is -0.153. The fourth-order valence-electron chi connectivity index (χ4n) is 4.61. The number of ether oxygens (including phenoxy) is 2. The summed E-state index contributed by atoms with van der Waals surface area (Å²) in [4.78, 5) is 49.8. The summed E-state index contributed by atoms with van der Waals surface area (Å²) in [6, 6.07) is 0. The van der Waals surface area contributed by atoms with Gasteiger partial charge in [-0.3, -0.25) is 0 Å². The molecule has 8 nitrogen and oxygen atoms in total. The fraction of sp³-hybridized carbons (Fsp3) is 0.636. The third kappa shape index (κ3) is 3.98. The van der Waals surface area contributed by atoms with Gasteiger partial charge < -0.3 is 19.7 Å². The largest absolute Gasteiger partial charge is 0.389 e. The third-order valence-corrected chi connectivity index (χ3v) is 6.18. The molecule has 2 N–H and O–H groups in total. The van der Waals surface area contributed by atoms with Gasteiger partial charge in [-0.1, -0.05) is 46.0 Å². The first-order chi connectivity index (χ1) is 14.3. The molecule has 0 fully saturated rings. The Morgan fingerprint density at radius 2 is 1.37 bits per heavy atom. The van der Waals surface area contributed by atoms with Crippen LogP contribution in [0.1, 0.15) is 65.2 Å². The summed E-state index contributed by atoms with van der Waals surface area (Å²) >= 11 is 0. The van der Waals surface area contributed by atoms with Gasteiger partial charge in [-0.05, 0) is 25.2 Å². The van der Waals surface area contributed by atoms with Gasteiger partial charge in [-0.2, -0.15) is 0 Å². The molecular formula is C22H28O8. The first kappa shape index (κ1) is 22.4. The second-order valence-corrected chi connectivity index (χ2v) is 8.15. The molecule has 2 unspecified atom stereocenters. The minimum atomic E-state index is -1.70. The minimum Gasteiger partial charge on any atom is -0.389 e. The zero-order valence-corrected chi connectivity index (χ0v) is 17.3. The Morgan fingerprint density at radius 1 is 0.767 bits per heavy atom. The van der Waals surface area contributed by atoms with Crippen LogP contribution in [0.5, 0.6) is 0 Å². The van der Waals surface area contributed by atoms with Gasteiger partial charge >= 0.3 is 23.9 Å². The SMILES string of the molecule is CCCCC[C@@H]1CC2=C(C(=O)OC2=O)C(O)C(O)[C@H](CCCC)C2=C1C(=O)OC2=O. The van der Waals surface area contributed by atoms with Crippen LogP contribution in [0.3, 0.4) is 0 Å². The average Bonchev–Trinajstić information content (AvgIpc) is 3.15. The molecular weight excluding hydrogens is 392 g/mol. The molecule has 0 aromatic rings. The number of esters is 4. The Balaban J connectivity index is 2.16. The van der Waals surface area contributed by atoms with Crippen LogP contribution in [0.2, 0.25) is 0 Å². The van der Waals surface area contributed by atoms with Crippen molar-refractivity contribution in [3.05, 3.63) is 22.3 Å². The van der Waals surface area contributed by atoms with E-state index in [2.05, 4.69) is 0 Å². The molecule has 30 heavy (non-hydrogen) atoms. The van der Waals surface area contributed by atoms with E-state index < -0.39 is 47.9 Å². The van der Waals surface area contributed by atoms with Gasteiger partial charge in [0.15, 0.2) is 0 Å². The highest BCUT2D eigenvalue weighted by atomic mass is 16.6. The van der Waals surface area contributed by atoms with Crippen molar-refractivity contribution in [1.29, 1.82) is 0 Å². The second kappa shape index (κ2) is 9.22. The van der Waals surface area contributed by atoms with Crippen LogP contribution < -0.4 is 0 Å². The number of rotatable bonds is 7. The van der Waals surface area contributed by atoms with E-state index in [0.717, 1.165) is 25.7 Å². The van der Waals surface area contributed by atoms with Gasteiger partial charge in [0.2, 0.25) is 0 Å². The van der Waals surface area contributed by atoms with Gasteiger partial charge in [-0.25, -0.2) is 19.2 Å². The van der Waals surface area contributed by atoms with E-state index in [1.165, 1.54) is 0 Å². The Morgan fingerprint density at radius 3 is 2.03 bits per heavy atom. The maximum atomic E-state index is 12.6. The first-order valence-electron chi connectivity index (χ1n) is 10.7. The van der Waals surface area contributed by atoms with E-state index in [4.69, 9.17) is 9.47 Å². The van der Waals surface area contributed by atoms with Crippen LogP contribution in [0, 0.1) is 11.8 Å². The predicted octanol–water partition coefficient (Wildman–Crippen LogP) is 1.87.